The number of anilines is 1. The van der Waals surface area contributed by atoms with Gasteiger partial charge in [-0.05, 0) is 24.5 Å². The summed E-state index contributed by atoms with van der Waals surface area (Å²) in [7, 11) is 0. The summed E-state index contributed by atoms with van der Waals surface area (Å²) in [6.07, 6.45) is -2.33. The van der Waals surface area contributed by atoms with Gasteiger partial charge >= 0.3 is 6.18 Å². The van der Waals surface area contributed by atoms with Crippen molar-refractivity contribution in [1.29, 1.82) is 0 Å². The van der Waals surface area contributed by atoms with Crippen LogP contribution in [0.1, 0.15) is 41.6 Å². The van der Waals surface area contributed by atoms with E-state index in [9.17, 15) is 18.0 Å². The zero-order chi connectivity index (χ0) is 22.2. The van der Waals surface area contributed by atoms with Gasteiger partial charge in [0.05, 0.1) is 10.9 Å². The Balaban J connectivity index is 1.65. The number of benzene rings is 1. The molecule has 7 nitrogen and oxygen atoms in total. The summed E-state index contributed by atoms with van der Waals surface area (Å²) in [5.41, 5.74) is 11.7. The molecule has 2 aromatic heterocycles. The van der Waals surface area contributed by atoms with Crippen LogP contribution in [0.25, 0.3) is 11.0 Å². The molecule has 31 heavy (non-hydrogen) atoms. The smallest absolute Gasteiger partial charge is 0.383 e. The molecule has 0 aliphatic carbocycles. The van der Waals surface area contributed by atoms with Gasteiger partial charge in [-0.3, -0.25) is 4.79 Å². The summed E-state index contributed by atoms with van der Waals surface area (Å²) in [5.74, 6) is -0.910. The van der Waals surface area contributed by atoms with Crippen molar-refractivity contribution in [3.8, 4) is 0 Å². The number of carbonyl (C=O) groups excluding carboxylic acids is 1. The van der Waals surface area contributed by atoms with E-state index in [0.29, 0.717) is 24.9 Å². The van der Waals surface area contributed by atoms with Crippen LogP contribution >= 0.6 is 0 Å². The number of carbonyl (C=O) groups is 1. The third-order valence-electron chi connectivity index (χ3n) is 5.53. The first-order valence-electron chi connectivity index (χ1n) is 9.83. The van der Waals surface area contributed by atoms with Gasteiger partial charge in [0, 0.05) is 24.7 Å². The minimum absolute atomic E-state index is 0.109. The van der Waals surface area contributed by atoms with Crippen LogP contribution in [0.4, 0.5) is 19.0 Å². The number of hydrogen-bond donors (Lipinski definition) is 2. The topological polar surface area (TPSA) is 111 Å². The molecule has 4 rings (SSSR count). The Bertz CT molecular complexity index is 1110. The van der Waals surface area contributed by atoms with E-state index in [0.717, 1.165) is 12.4 Å². The number of nitrogen functional groups attached to an aromatic ring is 1. The number of likely N-dealkylation sites (tertiary alicyclic amines) is 1. The standard InChI is InChI=1S/C21H21F3N6O/c22-21(23,24)14-9-15(29-19-16(14)18(26)27-11-28-19)13-7-4-8-30(10-13)20(31)17(25)12-5-2-1-3-6-12/h1-3,5-6,9,11,13,17H,4,7-8,10,25H2,(H2,26,27,28,29)/t13-,17-/m0/s1. The molecule has 10 heteroatoms. The van der Waals surface area contributed by atoms with Gasteiger partial charge in [0.1, 0.15) is 18.2 Å². The van der Waals surface area contributed by atoms with Crippen LogP contribution in [0.2, 0.25) is 0 Å². The zero-order valence-electron chi connectivity index (χ0n) is 16.5. The number of alkyl halides is 3. The van der Waals surface area contributed by atoms with E-state index in [-0.39, 0.29) is 40.9 Å². The van der Waals surface area contributed by atoms with Crippen molar-refractivity contribution in [1.82, 2.24) is 19.9 Å². The zero-order valence-corrected chi connectivity index (χ0v) is 16.5. The fourth-order valence-electron chi connectivity index (χ4n) is 3.96. The molecule has 1 aromatic carbocycles. The molecule has 0 spiro atoms. The molecule has 0 radical (unpaired) electrons. The average molecular weight is 430 g/mol. The average Bonchev–Trinajstić information content (AvgIpc) is 2.77. The Morgan fingerprint density at radius 1 is 1.19 bits per heavy atom. The second-order valence-corrected chi connectivity index (χ2v) is 7.56. The second-order valence-electron chi connectivity index (χ2n) is 7.56. The second kappa shape index (κ2) is 8.10. The molecule has 162 valence electrons. The Labute approximate surface area is 176 Å². The van der Waals surface area contributed by atoms with Crippen LogP contribution in [0.5, 0.6) is 0 Å². The number of fused-ring (bicyclic) bond motifs is 1. The Kier molecular flexibility index (Phi) is 5.48. The first-order valence-corrected chi connectivity index (χ1v) is 9.83. The number of rotatable bonds is 3. The number of halogens is 3. The molecule has 3 aromatic rings. The fourth-order valence-corrected chi connectivity index (χ4v) is 3.96. The predicted molar refractivity (Wildman–Crippen MR) is 109 cm³/mol. The van der Waals surface area contributed by atoms with Crippen molar-refractivity contribution in [2.75, 3.05) is 18.8 Å². The van der Waals surface area contributed by atoms with Crippen molar-refractivity contribution in [2.45, 2.75) is 31.0 Å². The molecule has 3 heterocycles. The summed E-state index contributed by atoms with van der Waals surface area (Å²) in [5, 5.41) is -0.311. The molecular formula is C21H21F3N6O. The molecular weight excluding hydrogens is 409 g/mol. The van der Waals surface area contributed by atoms with Gasteiger partial charge in [0.15, 0.2) is 5.65 Å². The number of piperidine rings is 1. The van der Waals surface area contributed by atoms with Crippen LogP contribution in [-0.2, 0) is 11.0 Å². The number of nitrogens with two attached hydrogens (primary N) is 2. The number of amides is 1. The summed E-state index contributed by atoms with van der Waals surface area (Å²) in [6.45, 7) is 0.723. The van der Waals surface area contributed by atoms with E-state index >= 15 is 0 Å². The molecule has 4 N–H and O–H groups in total. The summed E-state index contributed by atoms with van der Waals surface area (Å²) < 4.78 is 41.2. The van der Waals surface area contributed by atoms with Crippen molar-refractivity contribution < 1.29 is 18.0 Å². The van der Waals surface area contributed by atoms with Gasteiger partial charge in [-0.25, -0.2) is 15.0 Å². The van der Waals surface area contributed by atoms with E-state index in [1.807, 2.05) is 6.07 Å². The first kappa shape index (κ1) is 21.0. The number of hydrogen-bond acceptors (Lipinski definition) is 6. The lowest BCUT2D eigenvalue weighted by atomic mass is 9.92. The lowest BCUT2D eigenvalue weighted by Gasteiger charge is -2.34. The quantitative estimate of drug-likeness (QED) is 0.661. The minimum atomic E-state index is -4.64. The summed E-state index contributed by atoms with van der Waals surface area (Å²) in [6, 6.07) is 9.14. The lowest BCUT2D eigenvalue weighted by molar-refractivity contribution is -0.136. The van der Waals surface area contributed by atoms with E-state index in [4.69, 9.17) is 11.5 Å². The lowest BCUT2D eigenvalue weighted by Crippen LogP contribution is -2.44. The van der Waals surface area contributed by atoms with Crippen LogP contribution in [0.15, 0.2) is 42.7 Å². The van der Waals surface area contributed by atoms with E-state index in [2.05, 4.69) is 15.0 Å². The molecule has 1 fully saturated rings. The highest BCUT2D eigenvalue weighted by Gasteiger charge is 2.37. The van der Waals surface area contributed by atoms with Crippen molar-refractivity contribution in [3.05, 3.63) is 59.5 Å². The highest BCUT2D eigenvalue weighted by Crippen LogP contribution is 2.38. The molecule has 2 atom stereocenters. The molecule has 1 saturated heterocycles. The maximum absolute atomic E-state index is 13.7. The molecule has 0 bridgehead atoms. The van der Waals surface area contributed by atoms with Gasteiger partial charge in [-0.2, -0.15) is 13.2 Å². The van der Waals surface area contributed by atoms with Gasteiger partial charge in [0.25, 0.3) is 0 Å². The van der Waals surface area contributed by atoms with Gasteiger partial charge in [0.2, 0.25) is 5.91 Å². The van der Waals surface area contributed by atoms with Crippen molar-refractivity contribution in [2.24, 2.45) is 5.73 Å². The van der Waals surface area contributed by atoms with E-state index in [1.165, 1.54) is 0 Å². The van der Waals surface area contributed by atoms with E-state index in [1.54, 1.807) is 29.2 Å². The van der Waals surface area contributed by atoms with Crippen LogP contribution in [-0.4, -0.2) is 38.8 Å². The minimum Gasteiger partial charge on any atom is -0.383 e. The van der Waals surface area contributed by atoms with Gasteiger partial charge in [-0.1, -0.05) is 30.3 Å². The number of pyridine rings is 1. The van der Waals surface area contributed by atoms with Gasteiger partial charge < -0.3 is 16.4 Å². The monoisotopic (exact) mass is 430 g/mol. The normalized spacial score (nSPS) is 18.2. The number of nitrogens with zero attached hydrogens (tertiary/aromatic N) is 4. The fraction of sp³-hybridized carbons (Fsp3) is 0.333. The van der Waals surface area contributed by atoms with E-state index < -0.39 is 17.8 Å². The third-order valence-corrected chi connectivity index (χ3v) is 5.53. The highest BCUT2D eigenvalue weighted by atomic mass is 19.4. The summed E-state index contributed by atoms with van der Waals surface area (Å²) >= 11 is 0. The highest BCUT2D eigenvalue weighted by molar-refractivity contribution is 5.89. The largest absolute Gasteiger partial charge is 0.417 e. The molecule has 0 saturated carbocycles. The molecule has 1 aliphatic rings. The van der Waals surface area contributed by atoms with Gasteiger partial charge in [-0.15, -0.1) is 0 Å². The van der Waals surface area contributed by atoms with Crippen LogP contribution in [0, 0.1) is 0 Å². The number of aromatic nitrogens is 3. The molecule has 1 amide bonds. The van der Waals surface area contributed by atoms with Crippen molar-refractivity contribution in [3.63, 3.8) is 0 Å². The SMILES string of the molecule is Nc1ncnc2nc([C@H]3CCCN(C(=O)[C@@H](N)c4ccccc4)C3)cc(C(F)(F)F)c12. The predicted octanol–water partition coefficient (Wildman–Crippen LogP) is 3.03. The molecule has 1 aliphatic heterocycles. The van der Waals surface area contributed by atoms with Crippen LogP contribution in [0.3, 0.4) is 0 Å². The Morgan fingerprint density at radius 3 is 2.65 bits per heavy atom. The third kappa shape index (κ3) is 4.15. The Morgan fingerprint density at radius 2 is 1.94 bits per heavy atom. The molecule has 0 unspecified atom stereocenters. The maximum Gasteiger partial charge on any atom is 0.417 e. The van der Waals surface area contributed by atoms with Crippen molar-refractivity contribution >= 4 is 22.8 Å². The van der Waals surface area contributed by atoms with Crippen LogP contribution < -0.4 is 11.5 Å². The summed E-state index contributed by atoms with van der Waals surface area (Å²) in [4.78, 5) is 26.4. The first-order chi connectivity index (χ1) is 14.8. The Hall–Kier alpha value is -3.27. The maximum atomic E-state index is 13.7.